The molecule has 3 rings (SSSR count). The second-order valence-electron chi connectivity index (χ2n) is 6.17. The van der Waals surface area contributed by atoms with E-state index in [1.165, 1.54) is 48.9 Å². The van der Waals surface area contributed by atoms with Crippen LogP contribution in [0.1, 0.15) is 42.4 Å². The number of nitrogens with one attached hydrogen (secondary N) is 1. The number of rotatable bonds is 5. The van der Waals surface area contributed by atoms with E-state index in [1.54, 1.807) is 0 Å². The van der Waals surface area contributed by atoms with Crippen molar-refractivity contribution in [1.82, 2.24) is 5.32 Å². The van der Waals surface area contributed by atoms with Crippen LogP contribution in [0, 0.1) is 25.2 Å². The van der Waals surface area contributed by atoms with Gasteiger partial charge < -0.3 is 5.32 Å². The molecule has 0 atom stereocenters. The molecule has 0 radical (unpaired) electrons. The fraction of sp³-hybridized carbons (Fsp3) is 0.625. The summed E-state index contributed by atoms with van der Waals surface area (Å²) in [5, 5.41) is 3.69. The summed E-state index contributed by atoms with van der Waals surface area (Å²) in [6.45, 7) is 6.67. The van der Waals surface area contributed by atoms with Gasteiger partial charge in [-0.15, -0.1) is 0 Å². The summed E-state index contributed by atoms with van der Waals surface area (Å²) >= 11 is 0. The zero-order valence-electron chi connectivity index (χ0n) is 11.1. The molecule has 92 valence electrons. The monoisotopic (exact) mass is 229 g/mol. The molecule has 17 heavy (non-hydrogen) atoms. The summed E-state index contributed by atoms with van der Waals surface area (Å²) in [6.07, 6.45) is 5.92. The Morgan fingerprint density at radius 2 is 2.00 bits per heavy atom. The van der Waals surface area contributed by atoms with E-state index in [2.05, 4.69) is 37.4 Å². The fourth-order valence-electron chi connectivity index (χ4n) is 3.08. The second kappa shape index (κ2) is 4.13. The van der Waals surface area contributed by atoms with E-state index in [0.29, 0.717) is 0 Å². The van der Waals surface area contributed by atoms with Crippen LogP contribution in [0.3, 0.4) is 0 Å². The summed E-state index contributed by atoms with van der Waals surface area (Å²) < 4.78 is 0. The molecular formula is C16H23N. The first kappa shape index (κ1) is 11.3. The lowest BCUT2D eigenvalue weighted by molar-refractivity contribution is 0.403. The van der Waals surface area contributed by atoms with Crippen molar-refractivity contribution in [3.63, 3.8) is 0 Å². The fourth-order valence-corrected chi connectivity index (χ4v) is 3.08. The highest BCUT2D eigenvalue weighted by Crippen LogP contribution is 2.60. The van der Waals surface area contributed by atoms with Crippen LogP contribution < -0.4 is 5.32 Å². The minimum atomic E-state index is 0.721. The van der Waals surface area contributed by atoms with Gasteiger partial charge in [-0.05, 0) is 62.0 Å². The Morgan fingerprint density at radius 1 is 1.24 bits per heavy atom. The quantitative estimate of drug-likeness (QED) is 0.813. The van der Waals surface area contributed by atoms with Gasteiger partial charge in [-0.25, -0.2) is 0 Å². The molecule has 0 spiro atoms. The topological polar surface area (TPSA) is 12.0 Å². The number of aryl methyl sites for hydroxylation is 2. The maximum Gasteiger partial charge on any atom is 0.0208 e. The van der Waals surface area contributed by atoms with Crippen LogP contribution in [0.25, 0.3) is 0 Å². The van der Waals surface area contributed by atoms with Crippen LogP contribution >= 0.6 is 0 Å². The van der Waals surface area contributed by atoms with Gasteiger partial charge in [-0.3, -0.25) is 0 Å². The van der Waals surface area contributed by atoms with Crippen molar-refractivity contribution >= 4 is 0 Å². The van der Waals surface area contributed by atoms with E-state index < -0.39 is 0 Å². The van der Waals surface area contributed by atoms with E-state index in [-0.39, 0.29) is 0 Å². The van der Waals surface area contributed by atoms with Gasteiger partial charge in [-0.1, -0.05) is 23.8 Å². The van der Waals surface area contributed by atoms with Crippen molar-refractivity contribution in [1.29, 1.82) is 0 Å². The summed E-state index contributed by atoms with van der Waals surface area (Å²) in [6, 6.07) is 6.77. The summed E-state index contributed by atoms with van der Waals surface area (Å²) in [4.78, 5) is 0. The van der Waals surface area contributed by atoms with E-state index in [1.807, 2.05) is 0 Å². The molecule has 0 bridgehead atoms. The van der Waals surface area contributed by atoms with Crippen LogP contribution in [-0.4, -0.2) is 6.54 Å². The largest absolute Gasteiger partial charge is 0.312 e. The Balaban J connectivity index is 1.53. The molecule has 0 saturated heterocycles. The molecule has 1 aromatic carbocycles. The Bertz CT molecular complexity index is 414. The lowest BCUT2D eigenvalue weighted by Crippen LogP contribution is -2.25. The number of benzene rings is 1. The van der Waals surface area contributed by atoms with Crippen LogP contribution in [0.5, 0.6) is 0 Å². The highest BCUT2D eigenvalue weighted by Gasteiger charge is 2.53. The van der Waals surface area contributed by atoms with Crippen molar-refractivity contribution in [2.45, 2.75) is 46.1 Å². The van der Waals surface area contributed by atoms with Gasteiger partial charge in [0, 0.05) is 13.1 Å². The smallest absolute Gasteiger partial charge is 0.0208 e. The second-order valence-corrected chi connectivity index (χ2v) is 6.17. The minimum Gasteiger partial charge on any atom is -0.312 e. The predicted octanol–water partition coefficient (Wildman–Crippen LogP) is 3.58. The van der Waals surface area contributed by atoms with Gasteiger partial charge in [0.25, 0.3) is 0 Å². The van der Waals surface area contributed by atoms with Crippen LogP contribution in [0.2, 0.25) is 0 Å². The third-order valence-corrected chi connectivity index (χ3v) is 4.63. The third-order valence-electron chi connectivity index (χ3n) is 4.63. The van der Waals surface area contributed by atoms with Crippen LogP contribution in [0.15, 0.2) is 18.2 Å². The highest BCUT2D eigenvalue weighted by atomic mass is 14.9. The Kier molecular flexibility index (Phi) is 2.74. The molecule has 0 aliphatic heterocycles. The van der Waals surface area contributed by atoms with Gasteiger partial charge in [0.05, 0.1) is 0 Å². The number of hydrogen-bond donors (Lipinski definition) is 1. The Labute approximate surface area is 105 Å². The SMILES string of the molecule is Cc1ccc(CNCC2(C3CC3)CC2)c(C)c1. The van der Waals surface area contributed by atoms with Crippen LogP contribution in [-0.2, 0) is 6.54 Å². The standard InChI is InChI=1S/C16H23N/c1-12-3-4-14(13(2)9-12)10-17-11-16(7-8-16)15-5-6-15/h3-4,9,15,17H,5-8,10-11H2,1-2H3. The zero-order chi connectivity index (χ0) is 11.9. The first-order valence-electron chi connectivity index (χ1n) is 6.96. The zero-order valence-corrected chi connectivity index (χ0v) is 11.1. The van der Waals surface area contributed by atoms with Crippen LogP contribution in [0.4, 0.5) is 0 Å². The molecule has 2 aliphatic rings. The van der Waals surface area contributed by atoms with Gasteiger partial charge in [0.15, 0.2) is 0 Å². The first-order chi connectivity index (χ1) is 8.20. The van der Waals surface area contributed by atoms with Crippen molar-refractivity contribution in [2.75, 3.05) is 6.54 Å². The third kappa shape index (κ3) is 2.40. The van der Waals surface area contributed by atoms with Crippen molar-refractivity contribution in [2.24, 2.45) is 11.3 Å². The van der Waals surface area contributed by atoms with Gasteiger partial charge in [0.2, 0.25) is 0 Å². The Morgan fingerprint density at radius 3 is 2.59 bits per heavy atom. The van der Waals surface area contributed by atoms with Gasteiger partial charge in [-0.2, -0.15) is 0 Å². The summed E-state index contributed by atoms with van der Waals surface area (Å²) in [5.74, 6) is 1.06. The van der Waals surface area contributed by atoms with Gasteiger partial charge in [0.1, 0.15) is 0 Å². The molecule has 1 heteroatoms. The Hall–Kier alpha value is -0.820. The van der Waals surface area contributed by atoms with Gasteiger partial charge >= 0.3 is 0 Å². The number of hydrogen-bond acceptors (Lipinski definition) is 1. The average Bonchev–Trinajstić information content (AvgIpc) is 3.14. The first-order valence-corrected chi connectivity index (χ1v) is 6.96. The lowest BCUT2D eigenvalue weighted by atomic mass is 10.0. The van der Waals surface area contributed by atoms with Crippen molar-refractivity contribution in [3.8, 4) is 0 Å². The maximum absolute atomic E-state index is 3.69. The van der Waals surface area contributed by atoms with E-state index in [9.17, 15) is 0 Å². The normalized spacial score (nSPS) is 21.5. The molecule has 1 N–H and O–H groups in total. The predicted molar refractivity (Wildman–Crippen MR) is 72.0 cm³/mol. The molecule has 0 amide bonds. The van der Waals surface area contributed by atoms with E-state index >= 15 is 0 Å². The van der Waals surface area contributed by atoms with E-state index in [0.717, 1.165) is 17.9 Å². The molecule has 0 heterocycles. The average molecular weight is 229 g/mol. The molecule has 0 unspecified atom stereocenters. The molecular weight excluding hydrogens is 206 g/mol. The molecule has 0 aromatic heterocycles. The van der Waals surface area contributed by atoms with Crippen molar-refractivity contribution < 1.29 is 0 Å². The molecule has 2 fully saturated rings. The van der Waals surface area contributed by atoms with Crippen molar-refractivity contribution in [3.05, 3.63) is 34.9 Å². The van der Waals surface area contributed by atoms with E-state index in [4.69, 9.17) is 0 Å². The summed E-state index contributed by atoms with van der Waals surface area (Å²) in [5.41, 5.74) is 4.97. The maximum atomic E-state index is 3.69. The minimum absolute atomic E-state index is 0.721. The molecule has 2 aliphatic carbocycles. The lowest BCUT2D eigenvalue weighted by Gasteiger charge is -2.16. The molecule has 1 aromatic rings. The highest BCUT2D eigenvalue weighted by molar-refractivity contribution is 5.30. The molecule has 2 saturated carbocycles. The summed E-state index contributed by atoms with van der Waals surface area (Å²) in [7, 11) is 0. The molecule has 1 nitrogen and oxygen atoms in total.